The van der Waals surface area contributed by atoms with Gasteiger partial charge in [0.15, 0.2) is 0 Å². The van der Waals surface area contributed by atoms with Gasteiger partial charge in [-0.2, -0.15) is 0 Å². The molecule has 0 saturated heterocycles. The Morgan fingerprint density at radius 3 is 2.33 bits per heavy atom. The van der Waals surface area contributed by atoms with E-state index in [1.54, 1.807) is 42.5 Å². The quantitative estimate of drug-likeness (QED) is 0.692. The van der Waals surface area contributed by atoms with Crippen molar-refractivity contribution < 1.29 is 14.3 Å². The zero-order valence-corrected chi connectivity index (χ0v) is 12.4. The zero-order chi connectivity index (χ0) is 15.4. The molecule has 0 spiro atoms. The number of aryl methyl sites for hydroxylation is 1. The van der Waals surface area contributed by atoms with Crippen LogP contribution >= 0.6 is 11.6 Å². The number of esters is 1. The number of rotatable bonds is 3. The molecule has 0 unspecified atom stereocenters. The van der Waals surface area contributed by atoms with Crippen LogP contribution in [0.5, 0.6) is 5.75 Å². The number of ether oxygens (including phenoxy) is 1. The second-order valence-corrected chi connectivity index (χ2v) is 4.99. The van der Waals surface area contributed by atoms with E-state index >= 15 is 0 Å². The number of anilines is 1. The summed E-state index contributed by atoms with van der Waals surface area (Å²) in [6.07, 6.45) is 0. The summed E-state index contributed by atoms with van der Waals surface area (Å²) in [4.78, 5) is 23.0. The molecule has 2 aromatic rings. The molecule has 5 heteroatoms. The van der Waals surface area contributed by atoms with Crippen LogP contribution < -0.4 is 10.1 Å². The summed E-state index contributed by atoms with van der Waals surface area (Å²) in [5, 5.41) is 3.22. The lowest BCUT2D eigenvalue weighted by Crippen LogP contribution is -2.10. The van der Waals surface area contributed by atoms with Crippen LogP contribution in [0.2, 0.25) is 5.02 Å². The minimum atomic E-state index is -0.463. The van der Waals surface area contributed by atoms with Crippen LogP contribution in [0.25, 0.3) is 0 Å². The van der Waals surface area contributed by atoms with Gasteiger partial charge < -0.3 is 10.1 Å². The van der Waals surface area contributed by atoms with Crippen LogP contribution in [-0.2, 0) is 4.79 Å². The molecule has 0 aliphatic heterocycles. The highest BCUT2D eigenvalue weighted by atomic mass is 35.5. The first kappa shape index (κ1) is 15.1. The van der Waals surface area contributed by atoms with Gasteiger partial charge in [-0.15, -0.1) is 0 Å². The molecule has 0 saturated carbocycles. The molecular formula is C16H14ClNO3. The SMILES string of the molecule is CC(=O)Nc1ccc(C(=O)Oc2ccc(Cl)cc2C)cc1. The standard InChI is InChI=1S/C16H14ClNO3/c1-10-9-13(17)5-8-15(10)21-16(20)12-3-6-14(7-4-12)18-11(2)19/h3-9H,1-2H3,(H,18,19). The second kappa shape index (κ2) is 6.41. The van der Waals surface area contributed by atoms with Gasteiger partial charge in [0.1, 0.15) is 5.75 Å². The Bertz CT molecular complexity index is 680. The topological polar surface area (TPSA) is 55.4 Å². The molecular weight excluding hydrogens is 290 g/mol. The molecule has 0 aliphatic rings. The maximum atomic E-state index is 12.0. The molecule has 0 bridgehead atoms. The lowest BCUT2D eigenvalue weighted by atomic mass is 10.2. The molecule has 4 nitrogen and oxygen atoms in total. The molecule has 0 atom stereocenters. The number of amides is 1. The second-order valence-electron chi connectivity index (χ2n) is 4.56. The van der Waals surface area contributed by atoms with E-state index in [1.807, 2.05) is 6.92 Å². The first-order valence-electron chi connectivity index (χ1n) is 6.31. The van der Waals surface area contributed by atoms with Gasteiger partial charge in [-0.3, -0.25) is 4.79 Å². The Morgan fingerprint density at radius 2 is 1.76 bits per heavy atom. The van der Waals surface area contributed by atoms with Gasteiger partial charge in [-0.25, -0.2) is 4.79 Å². The maximum absolute atomic E-state index is 12.0. The average molecular weight is 304 g/mol. The number of carbonyl (C=O) groups is 2. The molecule has 2 rings (SSSR count). The summed E-state index contributed by atoms with van der Waals surface area (Å²) in [6, 6.07) is 11.5. The first-order valence-corrected chi connectivity index (χ1v) is 6.69. The summed E-state index contributed by atoms with van der Waals surface area (Å²) < 4.78 is 5.32. The van der Waals surface area contributed by atoms with Gasteiger partial charge in [0.05, 0.1) is 5.56 Å². The molecule has 1 N–H and O–H groups in total. The van der Waals surface area contributed by atoms with Crippen LogP contribution in [0.4, 0.5) is 5.69 Å². The van der Waals surface area contributed by atoms with E-state index in [-0.39, 0.29) is 5.91 Å². The molecule has 0 aliphatic carbocycles. The van der Waals surface area contributed by atoms with Crippen molar-refractivity contribution in [2.75, 3.05) is 5.32 Å². The summed E-state index contributed by atoms with van der Waals surface area (Å²) >= 11 is 5.85. The van der Waals surface area contributed by atoms with Crippen molar-refractivity contribution in [3.8, 4) is 5.75 Å². The van der Waals surface area contributed by atoms with Gasteiger partial charge in [0.2, 0.25) is 5.91 Å². The van der Waals surface area contributed by atoms with Gasteiger partial charge >= 0.3 is 5.97 Å². The highest BCUT2D eigenvalue weighted by molar-refractivity contribution is 6.30. The van der Waals surface area contributed by atoms with Crippen LogP contribution in [-0.4, -0.2) is 11.9 Å². The average Bonchev–Trinajstić information content (AvgIpc) is 2.42. The van der Waals surface area contributed by atoms with E-state index in [9.17, 15) is 9.59 Å². The fraction of sp³-hybridized carbons (Fsp3) is 0.125. The first-order chi connectivity index (χ1) is 9.95. The molecule has 0 aromatic heterocycles. The van der Waals surface area contributed by atoms with Gasteiger partial charge in [-0.1, -0.05) is 11.6 Å². The van der Waals surface area contributed by atoms with E-state index in [2.05, 4.69) is 5.32 Å². The molecule has 108 valence electrons. The van der Waals surface area contributed by atoms with Crippen molar-refractivity contribution in [3.63, 3.8) is 0 Å². The summed E-state index contributed by atoms with van der Waals surface area (Å²) in [5.41, 5.74) is 1.81. The van der Waals surface area contributed by atoms with Gasteiger partial charge in [0, 0.05) is 17.6 Å². The molecule has 21 heavy (non-hydrogen) atoms. The van der Waals surface area contributed by atoms with Crippen LogP contribution in [0.1, 0.15) is 22.8 Å². The Labute approximate surface area is 127 Å². The van der Waals surface area contributed by atoms with Crippen molar-refractivity contribution >= 4 is 29.2 Å². The highest BCUT2D eigenvalue weighted by Crippen LogP contribution is 2.23. The predicted octanol–water partition coefficient (Wildman–Crippen LogP) is 3.83. The number of carbonyl (C=O) groups excluding carboxylic acids is 2. The predicted molar refractivity (Wildman–Crippen MR) is 81.9 cm³/mol. The number of hydrogen-bond acceptors (Lipinski definition) is 3. The van der Waals surface area contributed by atoms with Crippen molar-refractivity contribution in [1.82, 2.24) is 0 Å². The smallest absolute Gasteiger partial charge is 0.343 e. The van der Waals surface area contributed by atoms with Crippen LogP contribution in [0, 0.1) is 6.92 Å². The van der Waals surface area contributed by atoms with E-state index < -0.39 is 5.97 Å². The normalized spacial score (nSPS) is 10.0. The lowest BCUT2D eigenvalue weighted by Gasteiger charge is -2.08. The number of benzene rings is 2. The molecule has 0 radical (unpaired) electrons. The van der Waals surface area contributed by atoms with E-state index in [4.69, 9.17) is 16.3 Å². The van der Waals surface area contributed by atoms with Crippen LogP contribution in [0.15, 0.2) is 42.5 Å². The Kier molecular flexibility index (Phi) is 4.60. The number of nitrogens with one attached hydrogen (secondary N) is 1. The fourth-order valence-corrected chi connectivity index (χ4v) is 2.01. The fourth-order valence-electron chi connectivity index (χ4n) is 1.78. The van der Waals surface area contributed by atoms with Gasteiger partial charge in [-0.05, 0) is 55.0 Å². The Morgan fingerprint density at radius 1 is 1.10 bits per heavy atom. The Balaban J connectivity index is 2.11. The summed E-state index contributed by atoms with van der Waals surface area (Å²) in [7, 11) is 0. The summed E-state index contributed by atoms with van der Waals surface area (Å²) in [6.45, 7) is 3.24. The lowest BCUT2D eigenvalue weighted by molar-refractivity contribution is -0.114. The van der Waals surface area contributed by atoms with Crippen molar-refractivity contribution in [3.05, 3.63) is 58.6 Å². The third kappa shape index (κ3) is 4.07. The summed E-state index contributed by atoms with van der Waals surface area (Å²) in [5.74, 6) is -0.160. The van der Waals surface area contributed by atoms with Crippen molar-refractivity contribution in [1.29, 1.82) is 0 Å². The highest BCUT2D eigenvalue weighted by Gasteiger charge is 2.10. The van der Waals surface area contributed by atoms with Crippen molar-refractivity contribution in [2.24, 2.45) is 0 Å². The van der Waals surface area contributed by atoms with Crippen molar-refractivity contribution in [2.45, 2.75) is 13.8 Å². The van der Waals surface area contributed by atoms with Crippen LogP contribution in [0.3, 0.4) is 0 Å². The minimum absolute atomic E-state index is 0.165. The van der Waals surface area contributed by atoms with E-state index in [0.717, 1.165) is 5.56 Å². The third-order valence-electron chi connectivity index (χ3n) is 2.78. The van der Waals surface area contributed by atoms with E-state index in [1.165, 1.54) is 6.92 Å². The number of halogens is 1. The monoisotopic (exact) mass is 303 g/mol. The zero-order valence-electron chi connectivity index (χ0n) is 11.6. The Hall–Kier alpha value is -2.33. The molecule has 2 aromatic carbocycles. The van der Waals surface area contributed by atoms with E-state index in [0.29, 0.717) is 22.0 Å². The molecule has 0 fully saturated rings. The third-order valence-corrected chi connectivity index (χ3v) is 3.02. The molecule has 0 heterocycles. The number of hydrogen-bond donors (Lipinski definition) is 1. The largest absolute Gasteiger partial charge is 0.423 e. The minimum Gasteiger partial charge on any atom is -0.423 e. The molecule has 1 amide bonds. The van der Waals surface area contributed by atoms with Gasteiger partial charge in [0.25, 0.3) is 0 Å². The maximum Gasteiger partial charge on any atom is 0.343 e.